The number of carbonyl (C=O) groups excluding carboxylic acids is 2. The zero-order valence-electron chi connectivity index (χ0n) is 10.5. The van der Waals surface area contributed by atoms with Gasteiger partial charge in [-0.3, -0.25) is 9.59 Å². The van der Waals surface area contributed by atoms with Crippen molar-refractivity contribution in [3.63, 3.8) is 0 Å². The van der Waals surface area contributed by atoms with Crippen LogP contribution in [-0.2, 0) is 4.79 Å². The van der Waals surface area contributed by atoms with Gasteiger partial charge in [-0.1, -0.05) is 41.4 Å². The molecule has 3 nitrogen and oxygen atoms in total. The molecule has 0 fully saturated rings. The highest BCUT2D eigenvalue weighted by Gasteiger charge is 2.41. The van der Waals surface area contributed by atoms with E-state index in [1.54, 1.807) is 0 Å². The van der Waals surface area contributed by atoms with Crippen LogP contribution < -0.4 is 4.90 Å². The maximum Gasteiger partial charge on any atom is 0.299 e. The van der Waals surface area contributed by atoms with Crippen LogP contribution in [0.25, 0.3) is 0 Å². The normalized spacial score (nSPS) is 15.1. The highest BCUT2D eigenvalue weighted by molar-refractivity contribution is 9.09. The molecule has 0 saturated heterocycles. The van der Waals surface area contributed by atoms with Gasteiger partial charge in [-0.25, -0.2) is 4.39 Å². The Morgan fingerprint density at radius 3 is 2.58 bits per heavy atom. The molecule has 19 heavy (non-hydrogen) atoms. The Labute approximate surface area is 123 Å². The lowest BCUT2D eigenvalue weighted by Crippen LogP contribution is -2.39. The van der Waals surface area contributed by atoms with Gasteiger partial charge in [0.15, 0.2) is 0 Å². The van der Waals surface area contributed by atoms with Gasteiger partial charge in [-0.2, -0.15) is 0 Å². The van der Waals surface area contributed by atoms with Gasteiger partial charge in [-0.05, 0) is 17.5 Å². The number of hydrogen-bond donors (Lipinski definition) is 0. The van der Waals surface area contributed by atoms with Crippen LogP contribution in [0.1, 0.15) is 24.2 Å². The van der Waals surface area contributed by atoms with E-state index in [1.165, 1.54) is 17.0 Å². The van der Waals surface area contributed by atoms with Crippen molar-refractivity contribution in [2.45, 2.75) is 13.8 Å². The number of ketones is 1. The average Bonchev–Trinajstić information content (AvgIpc) is 2.60. The van der Waals surface area contributed by atoms with Crippen molar-refractivity contribution in [3.8, 4) is 0 Å². The van der Waals surface area contributed by atoms with Crippen molar-refractivity contribution in [2.75, 3.05) is 16.8 Å². The lowest BCUT2D eigenvalue weighted by Gasteiger charge is -2.28. The molecule has 0 aromatic heterocycles. The fraction of sp³-hybridized carbons (Fsp3) is 0.385. The summed E-state index contributed by atoms with van der Waals surface area (Å²) in [6.07, 6.45) is 0. The molecule has 1 aliphatic heterocycles. The van der Waals surface area contributed by atoms with Crippen molar-refractivity contribution in [3.05, 3.63) is 28.5 Å². The molecule has 1 heterocycles. The van der Waals surface area contributed by atoms with Crippen LogP contribution in [0.4, 0.5) is 10.1 Å². The lowest BCUT2D eigenvalue weighted by molar-refractivity contribution is -0.114. The summed E-state index contributed by atoms with van der Waals surface area (Å²) in [6.45, 7) is 4.08. The van der Waals surface area contributed by atoms with Crippen molar-refractivity contribution in [1.29, 1.82) is 0 Å². The first-order valence-electron chi connectivity index (χ1n) is 5.68. The second-order valence-electron chi connectivity index (χ2n) is 5.27. The number of benzene rings is 1. The standard InChI is InChI=1S/C13H12BrClFNO2/c1-13(2,5-14)6-17-10-8(16)4-3-7(15)9(10)11(18)12(17)19/h3-4H,5-6H2,1-2H3. The molecule has 0 N–H and O–H groups in total. The number of rotatable bonds is 3. The summed E-state index contributed by atoms with van der Waals surface area (Å²) >= 11 is 9.24. The third-order valence-corrected chi connectivity index (χ3v) is 4.80. The smallest absolute Gasteiger partial charge is 0.299 e. The Balaban J connectivity index is 2.53. The van der Waals surface area contributed by atoms with E-state index < -0.39 is 17.5 Å². The number of carbonyl (C=O) groups is 2. The summed E-state index contributed by atoms with van der Waals surface area (Å²) < 4.78 is 13.9. The van der Waals surface area contributed by atoms with E-state index in [4.69, 9.17) is 11.6 Å². The van der Waals surface area contributed by atoms with Gasteiger partial charge in [0, 0.05) is 11.9 Å². The van der Waals surface area contributed by atoms with E-state index >= 15 is 0 Å². The topological polar surface area (TPSA) is 37.4 Å². The fourth-order valence-electron chi connectivity index (χ4n) is 1.97. The molecule has 1 aromatic carbocycles. The van der Waals surface area contributed by atoms with Crippen molar-refractivity contribution < 1.29 is 14.0 Å². The van der Waals surface area contributed by atoms with Crippen LogP contribution in [0.5, 0.6) is 0 Å². The molecule has 0 unspecified atom stereocenters. The van der Waals surface area contributed by atoms with E-state index in [0.717, 1.165) is 0 Å². The Morgan fingerprint density at radius 1 is 1.37 bits per heavy atom. The maximum absolute atomic E-state index is 13.9. The van der Waals surface area contributed by atoms with Crippen molar-refractivity contribution >= 4 is 44.9 Å². The summed E-state index contributed by atoms with van der Waals surface area (Å²) in [5.41, 5.74) is -0.319. The SMILES string of the molecule is CC(C)(CBr)CN1C(=O)C(=O)c2c(Cl)ccc(F)c21. The van der Waals surface area contributed by atoms with E-state index in [2.05, 4.69) is 15.9 Å². The zero-order valence-corrected chi connectivity index (χ0v) is 12.8. The lowest BCUT2D eigenvalue weighted by atomic mass is 9.96. The number of anilines is 1. The molecule has 102 valence electrons. The van der Waals surface area contributed by atoms with Gasteiger partial charge in [0.05, 0.1) is 16.3 Å². The molecule has 0 radical (unpaired) electrons. The molecular weight excluding hydrogens is 337 g/mol. The molecule has 0 bridgehead atoms. The van der Waals surface area contributed by atoms with Gasteiger partial charge in [0.25, 0.3) is 11.7 Å². The third-order valence-electron chi connectivity index (χ3n) is 2.96. The van der Waals surface area contributed by atoms with Crippen molar-refractivity contribution in [1.82, 2.24) is 0 Å². The Kier molecular flexibility index (Phi) is 3.71. The molecule has 0 atom stereocenters. The molecule has 1 aliphatic rings. The van der Waals surface area contributed by atoms with E-state index in [-0.39, 0.29) is 28.2 Å². The number of halogens is 3. The molecule has 1 aromatic rings. The second-order valence-corrected chi connectivity index (χ2v) is 6.24. The minimum absolute atomic E-state index is 0.00322. The summed E-state index contributed by atoms with van der Waals surface area (Å²) in [4.78, 5) is 25.1. The molecule has 0 aliphatic carbocycles. The monoisotopic (exact) mass is 347 g/mol. The first-order chi connectivity index (χ1) is 8.78. The Hall–Kier alpha value is -0.940. The third kappa shape index (κ3) is 2.41. The molecular formula is C13H12BrClFNO2. The van der Waals surface area contributed by atoms with E-state index in [0.29, 0.717) is 5.33 Å². The minimum atomic E-state index is -0.745. The second kappa shape index (κ2) is 4.87. The zero-order chi connectivity index (χ0) is 14.4. The Morgan fingerprint density at radius 2 is 2.00 bits per heavy atom. The first-order valence-corrected chi connectivity index (χ1v) is 7.18. The molecule has 1 amide bonds. The highest BCUT2D eigenvalue weighted by atomic mass is 79.9. The average molecular weight is 349 g/mol. The van der Waals surface area contributed by atoms with Crippen LogP contribution in [0, 0.1) is 11.2 Å². The Bertz CT molecular complexity index is 574. The fourth-order valence-corrected chi connectivity index (χ4v) is 2.39. The largest absolute Gasteiger partial charge is 0.301 e. The van der Waals surface area contributed by atoms with Crippen LogP contribution in [-0.4, -0.2) is 23.6 Å². The minimum Gasteiger partial charge on any atom is -0.301 e. The van der Waals surface area contributed by atoms with Gasteiger partial charge in [-0.15, -0.1) is 0 Å². The van der Waals surface area contributed by atoms with Crippen LogP contribution >= 0.6 is 27.5 Å². The molecule has 0 spiro atoms. The number of nitrogens with zero attached hydrogens (tertiary/aromatic N) is 1. The van der Waals surface area contributed by atoms with Gasteiger partial charge >= 0.3 is 0 Å². The molecule has 0 saturated carbocycles. The summed E-state index contributed by atoms with van der Waals surface area (Å²) in [5, 5.41) is 0.726. The van der Waals surface area contributed by atoms with Crippen LogP contribution in [0.15, 0.2) is 12.1 Å². The number of fused-ring (bicyclic) bond motifs is 1. The van der Waals surface area contributed by atoms with Gasteiger partial charge < -0.3 is 4.90 Å². The summed E-state index contributed by atoms with van der Waals surface area (Å²) in [5.74, 6) is -2.08. The quantitative estimate of drug-likeness (QED) is 0.620. The van der Waals surface area contributed by atoms with Gasteiger partial charge in [0.2, 0.25) is 0 Å². The predicted molar refractivity (Wildman–Crippen MR) is 75.7 cm³/mol. The van der Waals surface area contributed by atoms with Gasteiger partial charge in [0.1, 0.15) is 5.82 Å². The van der Waals surface area contributed by atoms with E-state index in [1.807, 2.05) is 13.8 Å². The number of hydrogen-bond acceptors (Lipinski definition) is 2. The summed E-state index contributed by atoms with van der Waals surface area (Å²) in [6, 6.07) is 2.46. The van der Waals surface area contributed by atoms with E-state index in [9.17, 15) is 14.0 Å². The van der Waals surface area contributed by atoms with Crippen molar-refractivity contribution in [2.24, 2.45) is 5.41 Å². The van der Waals surface area contributed by atoms with Crippen LogP contribution in [0.2, 0.25) is 5.02 Å². The number of Topliss-reactive ketones (excluding diaryl/α,β-unsaturated/α-hetero) is 1. The number of alkyl halides is 1. The maximum atomic E-state index is 13.9. The molecule has 6 heteroatoms. The summed E-state index contributed by atoms with van der Waals surface area (Å²) in [7, 11) is 0. The predicted octanol–water partition coefficient (Wildman–Crippen LogP) is 3.43. The number of amides is 1. The molecule has 2 rings (SSSR count). The first kappa shape index (κ1) is 14.5. The van der Waals surface area contributed by atoms with Crippen LogP contribution in [0.3, 0.4) is 0 Å². The highest BCUT2D eigenvalue weighted by Crippen LogP contribution is 2.38.